The Hall–Kier alpha value is -1.71. The molecule has 0 spiro atoms. The molecule has 2 unspecified atom stereocenters. The van der Waals surface area contributed by atoms with E-state index in [4.69, 9.17) is 4.74 Å². The van der Waals surface area contributed by atoms with Crippen molar-refractivity contribution in [2.24, 2.45) is 0 Å². The lowest BCUT2D eigenvalue weighted by atomic mass is 9.98. The van der Waals surface area contributed by atoms with Gasteiger partial charge in [-0.1, -0.05) is 18.7 Å². The summed E-state index contributed by atoms with van der Waals surface area (Å²) in [6.45, 7) is 4.01. The Labute approximate surface area is 129 Å². The number of ether oxygens (including phenoxy) is 1. The maximum Gasteiger partial charge on any atom is 0.166 e. The first-order valence-corrected chi connectivity index (χ1v) is 7.68. The van der Waals surface area contributed by atoms with E-state index in [1.165, 1.54) is 0 Å². The molecule has 1 heterocycles. The molecule has 1 aromatic heterocycles. The minimum absolute atomic E-state index is 0.268. The van der Waals surface area contributed by atoms with Gasteiger partial charge in [0.2, 0.25) is 0 Å². The van der Waals surface area contributed by atoms with E-state index < -0.39 is 5.54 Å². The molecule has 112 valence electrons. The first-order chi connectivity index (χ1) is 9.99. The zero-order chi connectivity index (χ0) is 15.5. The zero-order valence-electron chi connectivity index (χ0n) is 12.7. The Morgan fingerprint density at radius 1 is 1.57 bits per heavy atom. The minimum Gasteiger partial charge on any atom is -0.497 e. The van der Waals surface area contributed by atoms with E-state index in [0.29, 0.717) is 0 Å². The van der Waals surface area contributed by atoms with E-state index >= 15 is 0 Å². The van der Waals surface area contributed by atoms with Gasteiger partial charge in [0.1, 0.15) is 11.3 Å². The van der Waals surface area contributed by atoms with Gasteiger partial charge in [-0.2, -0.15) is 5.26 Å². The van der Waals surface area contributed by atoms with Crippen LogP contribution in [-0.4, -0.2) is 34.9 Å². The van der Waals surface area contributed by atoms with Crippen molar-refractivity contribution in [1.29, 1.82) is 5.26 Å². The highest BCUT2D eigenvalue weighted by atomic mass is 32.2. The third-order valence-corrected chi connectivity index (χ3v) is 4.46. The molecule has 5 nitrogen and oxygen atoms in total. The molecular formula is C15H20N4OS. The lowest BCUT2D eigenvalue weighted by Crippen LogP contribution is -2.40. The molecule has 0 radical (unpaired) electrons. The van der Waals surface area contributed by atoms with Gasteiger partial charge in [-0.15, -0.1) is 0 Å². The van der Waals surface area contributed by atoms with Crippen LogP contribution < -0.4 is 10.1 Å². The second-order valence-corrected chi connectivity index (χ2v) is 6.68. The van der Waals surface area contributed by atoms with Crippen LogP contribution >= 0.6 is 11.8 Å². The predicted molar refractivity (Wildman–Crippen MR) is 85.7 cm³/mol. The summed E-state index contributed by atoms with van der Waals surface area (Å²) in [7, 11) is 3.46. The molecule has 0 aliphatic rings. The van der Waals surface area contributed by atoms with Crippen molar-refractivity contribution in [2.75, 3.05) is 14.2 Å². The molecule has 0 fully saturated rings. The van der Waals surface area contributed by atoms with Gasteiger partial charge in [-0.05, 0) is 32.5 Å². The first kappa shape index (κ1) is 15.7. The summed E-state index contributed by atoms with van der Waals surface area (Å²) in [5.41, 5.74) is 1.37. The van der Waals surface area contributed by atoms with Crippen LogP contribution in [-0.2, 0) is 0 Å². The standard InChI is InChI=1S/C15H20N4OS/c1-10(8-15(2,9-16)17-3)21-14-18-12-6-5-11(20-4)7-13(12)19-14/h5-7,10,17H,8H2,1-4H3,(H,18,19). The van der Waals surface area contributed by atoms with Crippen molar-refractivity contribution in [3.05, 3.63) is 18.2 Å². The Morgan fingerprint density at radius 3 is 2.95 bits per heavy atom. The van der Waals surface area contributed by atoms with Gasteiger partial charge in [-0.3, -0.25) is 0 Å². The number of fused-ring (bicyclic) bond motifs is 1. The number of hydrogen-bond donors (Lipinski definition) is 2. The highest BCUT2D eigenvalue weighted by Gasteiger charge is 2.25. The van der Waals surface area contributed by atoms with Gasteiger partial charge in [0.25, 0.3) is 0 Å². The number of H-pyrrole nitrogens is 1. The average molecular weight is 304 g/mol. The number of aromatic amines is 1. The third kappa shape index (κ3) is 3.69. The highest BCUT2D eigenvalue weighted by Crippen LogP contribution is 2.29. The van der Waals surface area contributed by atoms with Crippen molar-refractivity contribution < 1.29 is 4.74 Å². The van der Waals surface area contributed by atoms with Crippen LogP contribution in [0.15, 0.2) is 23.4 Å². The fraction of sp³-hybridized carbons (Fsp3) is 0.467. The number of nitrogens with one attached hydrogen (secondary N) is 2. The van der Waals surface area contributed by atoms with Crippen LogP contribution in [0.4, 0.5) is 0 Å². The van der Waals surface area contributed by atoms with Crippen molar-refractivity contribution in [2.45, 2.75) is 36.2 Å². The largest absolute Gasteiger partial charge is 0.497 e. The Morgan fingerprint density at radius 2 is 2.33 bits per heavy atom. The number of thioether (sulfide) groups is 1. The number of imidazole rings is 1. The number of aromatic nitrogens is 2. The number of nitriles is 1. The number of hydrogen-bond acceptors (Lipinski definition) is 5. The van der Waals surface area contributed by atoms with E-state index in [9.17, 15) is 5.26 Å². The van der Waals surface area contributed by atoms with Gasteiger partial charge in [-0.25, -0.2) is 4.98 Å². The van der Waals surface area contributed by atoms with E-state index in [1.807, 2.05) is 32.2 Å². The normalized spacial score (nSPS) is 15.4. The van der Waals surface area contributed by atoms with Crippen molar-refractivity contribution in [3.8, 4) is 11.8 Å². The minimum atomic E-state index is -0.512. The summed E-state index contributed by atoms with van der Waals surface area (Å²) in [6, 6.07) is 8.08. The molecule has 6 heteroatoms. The fourth-order valence-corrected chi connectivity index (χ4v) is 3.28. The van der Waals surface area contributed by atoms with Crippen LogP contribution in [0, 0.1) is 11.3 Å². The molecule has 2 atom stereocenters. The van der Waals surface area contributed by atoms with Gasteiger partial charge in [0.15, 0.2) is 5.16 Å². The molecule has 2 N–H and O–H groups in total. The van der Waals surface area contributed by atoms with Crippen molar-refractivity contribution in [1.82, 2.24) is 15.3 Å². The molecule has 0 saturated carbocycles. The first-order valence-electron chi connectivity index (χ1n) is 6.80. The second-order valence-electron chi connectivity index (χ2n) is 5.25. The van der Waals surface area contributed by atoms with Gasteiger partial charge >= 0.3 is 0 Å². The molecule has 0 aliphatic heterocycles. The number of rotatable bonds is 6. The fourth-order valence-electron chi connectivity index (χ4n) is 2.16. The van der Waals surface area contributed by atoms with Crippen LogP contribution in [0.3, 0.4) is 0 Å². The molecular weight excluding hydrogens is 284 g/mol. The monoisotopic (exact) mass is 304 g/mol. The lowest BCUT2D eigenvalue weighted by molar-refractivity contribution is 0.415. The zero-order valence-corrected chi connectivity index (χ0v) is 13.5. The van der Waals surface area contributed by atoms with Gasteiger partial charge in [0, 0.05) is 11.3 Å². The second kappa shape index (κ2) is 6.37. The SMILES string of the molecule is CNC(C)(C#N)CC(C)Sc1nc2ccc(OC)cc2[nH]1. The molecule has 21 heavy (non-hydrogen) atoms. The van der Waals surface area contributed by atoms with Gasteiger partial charge < -0.3 is 15.0 Å². The van der Waals surface area contributed by atoms with E-state index in [0.717, 1.165) is 28.4 Å². The van der Waals surface area contributed by atoms with Crippen molar-refractivity contribution in [3.63, 3.8) is 0 Å². The summed E-state index contributed by atoms with van der Waals surface area (Å²) in [5, 5.41) is 13.4. The quantitative estimate of drug-likeness (QED) is 0.803. The third-order valence-electron chi connectivity index (χ3n) is 3.47. The molecule has 1 aromatic carbocycles. The molecule has 2 rings (SSSR count). The highest BCUT2D eigenvalue weighted by molar-refractivity contribution is 7.99. The summed E-state index contributed by atoms with van der Waals surface area (Å²) in [5.74, 6) is 0.808. The molecule has 0 aliphatic carbocycles. The number of methoxy groups -OCH3 is 1. The predicted octanol–water partition coefficient (Wildman–Crippen LogP) is 2.94. The van der Waals surface area contributed by atoms with Crippen LogP contribution in [0.5, 0.6) is 5.75 Å². The summed E-state index contributed by atoms with van der Waals surface area (Å²) in [4.78, 5) is 7.85. The number of benzene rings is 1. The summed E-state index contributed by atoms with van der Waals surface area (Å²) in [6.07, 6.45) is 0.741. The van der Waals surface area contributed by atoms with E-state index in [-0.39, 0.29) is 5.25 Å². The van der Waals surface area contributed by atoms with Crippen molar-refractivity contribution >= 4 is 22.8 Å². The smallest absolute Gasteiger partial charge is 0.166 e. The Balaban J connectivity index is 2.11. The Bertz CT molecular complexity index is 663. The van der Waals surface area contributed by atoms with Crippen LogP contribution in [0.1, 0.15) is 20.3 Å². The molecule has 0 saturated heterocycles. The number of nitrogens with zero attached hydrogens (tertiary/aromatic N) is 2. The van der Waals surface area contributed by atoms with E-state index in [1.54, 1.807) is 18.9 Å². The maximum atomic E-state index is 9.21. The molecule has 0 amide bonds. The summed E-state index contributed by atoms with van der Waals surface area (Å²) >= 11 is 1.64. The molecule has 0 bridgehead atoms. The van der Waals surface area contributed by atoms with Gasteiger partial charge in [0.05, 0.1) is 24.2 Å². The van der Waals surface area contributed by atoms with Crippen LogP contribution in [0.25, 0.3) is 11.0 Å². The van der Waals surface area contributed by atoms with E-state index in [2.05, 4.69) is 28.3 Å². The summed E-state index contributed by atoms with van der Waals surface area (Å²) < 4.78 is 5.21. The topological polar surface area (TPSA) is 73.7 Å². The Kier molecular flexibility index (Phi) is 4.76. The van der Waals surface area contributed by atoms with Crippen LogP contribution in [0.2, 0.25) is 0 Å². The molecule has 2 aromatic rings. The average Bonchev–Trinajstić information content (AvgIpc) is 2.87. The lowest BCUT2D eigenvalue weighted by Gasteiger charge is -2.23. The maximum absolute atomic E-state index is 9.21.